The summed E-state index contributed by atoms with van der Waals surface area (Å²) in [5, 5.41) is 9.69. The van der Waals surface area contributed by atoms with Crippen LogP contribution >= 0.6 is 11.6 Å². The van der Waals surface area contributed by atoms with Gasteiger partial charge in [-0.2, -0.15) is 4.98 Å². The number of anilines is 1. The largest absolute Gasteiger partial charge is 0.423 e. The first kappa shape index (κ1) is 21.7. The smallest absolute Gasteiger partial charge is 0.302 e. The molecule has 1 aliphatic heterocycles. The highest BCUT2D eigenvalue weighted by atomic mass is 35.5. The summed E-state index contributed by atoms with van der Waals surface area (Å²) in [6.07, 6.45) is 3.54. The number of guanidine groups is 1. The SMILES string of the molecule is CC1=C(C(=O)NCc2cn(C)cn2)[C@H](c2ccccc2Cl)N=C(Nc2nc3ccccc3o2)N1. The van der Waals surface area contributed by atoms with Crippen molar-refractivity contribution in [1.29, 1.82) is 0 Å². The van der Waals surface area contributed by atoms with Gasteiger partial charge >= 0.3 is 6.01 Å². The van der Waals surface area contributed by atoms with Crippen LogP contribution in [-0.2, 0) is 18.4 Å². The fraction of sp³-hybridized carbons (Fsp3) is 0.167. The lowest BCUT2D eigenvalue weighted by Gasteiger charge is -2.27. The molecule has 9 nitrogen and oxygen atoms in total. The van der Waals surface area contributed by atoms with Crippen molar-refractivity contribution < 1.29 is 9.21 Å². The van der Waals surface area contributed by atoms with E-state index in [1.165, 1.54) is 0 Å². The summed E-state index contributed by atoms with van der Waals surface area (Å²) in [4.78, 5) is 26.7. The van der Waals surface area contributed by atoms with Crippen molar-refractivity contribution in [2.75, 3.05) is 5.32 Å². The fourth-order valence-corrected chi connectivity index (χ4v) is 4.05. The quantitative estimate of drug-likeness (QED) is 0.403. The number of halogens is 1. The lowest BCUT2D eigenvalue weighted by atomic mass is 9.95. The Morgan fingerprint density at radius 1 is 1.21 bits per heavy atom. The van der Waals surface area contributed by atoms with Gasteiger partial charge in [-0.1, -0.05) is 41.9 Å². The molecule has 0 aliphatic carbocycles. The summed E-state index contributed by atoms with van der Waals surface area (Å²) in [5.74, 6) is 0.139. The summed E-state index contributed by atoms with van der Waals surface area (Å²) >= 11 is 6.50. The number of hydrogen-bond donors (Lipinski definition) is 3. The summed E-state index contributed by atoms with van der Waals surface area (Å²) in [6, 6.07) is 14.5. The average molecular weight is 476 g/mol. The van der Waals surface area contributed by atoms with Crippen molar-refractivity contribution in [3.8, 4) is 0 Å². The van der Waals surface area contributed by atoms with Gasteiger partial charge in [0.1, 0.15) is 11.6 Å². The van der Waals surface area contributed by atoms with Gasteiger partial charge in [0, 0.05) is 29.5 Å². The van der Waals surface area contributed by atoms with Crippen molar-refractivity contribution in [3.05, 3.63) is 88.6 Å². The molecule has 5 rings (SSSR count). The number of fused-ring (bicyclic) bond motifs is 1. The molecule has 0 unspecified atom stereocenters. The van der Waals surface area contributed by atoms with Crippen LogP contribution in [0.15, 0.2) is 81.7 Å². The van der Waals surface area contributed by atoms with Gasteiger partial charge < -0.3 is 19.6 Å². The molecule has 172 valence electrons. The third-order valence-electron chi connectivity index (χ3n) is 5.39. The number of aliphatic imine (C=N–C) groups is 1. The van der Waals surface area contributed by atoms with Crippen LogP contribution in [0.3, 0.4) is 0 Å². The van der Waals surface area contributed by atoms with Gasteiger partial charge in [-0.25, -0.2) is 9.98 Å². The molecule has 3 heterocycles. The Hall–Kier alpha value is -4.11. The number of nitrogens with one attached hydrogen (secondary N) is 3. The van der Waals surface area contributed by atoms with E-state index in [-0.39, 0.29) is 5.91 Å². The zero-order chi connectivity index (χ0) is 23.7. The van der Waals surface area contributed by atoms with Crippen molar-refractivity contribution in [3.63, 3.8) is 0 Å². The number of nitrogens with zero attached hydrogens (tertiary/aromatic N) is 4. The van der Waals surface area contributed by atoms with Gasteiger partial charge in [-0.3, -0.25) is 10.1 Å². The molecule has 2 aromatic carbocycles. The van der Waals surface area contributed by atoms with Crippen molar-refractivity contribution in [2.24, 2.45) is 12.0 Å². The molecule has 4 aromatic rings. The Labute approximate surface area is 200 Å². The number of aromatic nitrogens is 3. The number of imidazole rings is 1. The van der Waals surface area contributed by atoms with Crippen LogP contribution in [0.25, 0.3) is 11.1 Å². The third-order valence-corrected chi connectivity index (χ3v) is 5.74. The first-order valence-electron chi connectivity index (χ1n) is 10.7. The first-order chi connectivity index (χ1) is 16.5. The fourth-order valence-electron chi connectivity index (χ4n) is 3.81. The number of carbonyl (C=O) groups is 1. The minimum absolute atomic E-state index is 0.259. The number of aryl methyl sites for hydroxylation is 1. The number of carbonyl (C=O) groups excluding carboxylic acids is 1. The van der Waals surface area contributed by atoms with Crippen LogP contribution in [0.4, 0.5) is 6.01 Å². The maximum Gasteiger partial charge on any atom is 0.302 e. The lowest BCUT2D eigenvalue weighted by Crippen LogP contribution is -2.39. The number of rotatable bonds is 5. The zero-order valence-electron chi connectivity index (χ0n) is 18.5. The molecule has 1 aliphatic rings. The molecule has 0 radical (unpaired) electrons. The Kier molecular flexibility index (Phi) is 5.77. The Balaban J connectivity index is 1.44. The highest BCUT2D eigenvalue weighted by Crippen LogP contribution is 2.35. The van der Waals surface area contributed by atoms with E-state index in [4.69, 9.17) is 21.0 Å². The monoisotopic (exact) mass is 475 g/mol. The highest BCUT2D eigenvalue weighted by molar-refractivity contribution is 6.31. The molecule has 10 heteroatoms. The summed E-state index contributed by atoms with van der Waals surface area (Å²) in [5.41, 5.74) is 3.96. The van der Waals surface area contributed by atoms with E-state index in [1.807, 2.05) is 67.2 Å². The molecule has 1 atom stereocenters. The highest BCUT2D eigenvalue weighted by Gasteiger charge is 2.31. The van der Waals surface area contributed by atoms with Crippen LogP contribution in [-0.4, -0.2) is 26.4 Å². The van der Waals surface area contributed by atoms with E-state index in [9.17, 15) is 4.79 Å². The number of para-hydroxylation sites is 2. The van der Waals surface area contributed by atoms with Gasteiger partial charge in [0.15, 0.2) is 5.58 Å². The average Bonchev–Trinajstić information content (AvgIpc) is 3.42. The van der Waals surface area contributed by atoms with E-state index in [2.05, 4.69) is 25.9 Å². The number of oxazole rings is 1. The van der Waals surface area contributed by atoms with Gasteiger partial charge in [0.25, 0.3) is 5.91 Å². The molecule has 0 saturated carbocycles. The lowest BCUT2D eigenvalue weighted by molar-refractivity contribution is -0.118. The maximum atomic E-state index is 13.3. The predicted molar refractivity (Wildman–Crippen MR) is 130 cm³/mol. The van der Waals surface area contributed by atoms with Gasteiger partial charge in [0.2, 0.25) is 5.96 Å². The minimum Gasteiger partial charge on any atom is -0.423 e. The molecule has 2 aromatic heterocycles. The van der Waals surface area contributed by atoms with Crippen molar-refractivity contribution in [2.45, 2.75) is 19.5 Å². The van der Waals surface area contributed by atoms with E-state index in [0.717, 1.165) is 11.2 Å². The third kappa shape index (κ3) is 4.38. The molecule has 0 saturated heterocycles. The van der Waals surface area contributed by atoms with E-state index >= 15 is 0 Å². The topological polar surface area (TPSA) is 109 Å². The molecule has 34 heavy (non-hydrogen) atoms. The maximum absolute atomic E-state index is 13.3. The second-order valence-corrected chi connectivity index (χ2v) is 8.30. The number of benzene rings is 2. The van der Waals surface area contributed by atoms with Gasteiger partial charge in [0.05, 0.1) is 24.1 Å². The zero-order valence-corrected chi connectivity index (χ0v) is 19.3. The van der Waals surface area contributed by atoms with Crippen LogP contribution in [0.5, 0.6) is 0 Å². The summed E-state index contributed by atoms with van der Waals surface area (Å²) in [7, 11) is 1.88. The van der Waals surface area contributed by atoms with E-state index in [1.54, 1.807) is 12.4 Å². The first-order valence-corrected chi connectivity index (χ1v) is 11.0. The molecule has 3 N–H and O–H groups in total. The van der Waals surface area contributed by atoms with E-state index < -0.39 is 6.04 Å². The van der Waals surface area contributed by atoms with E-state index in [0.29, 0.717) is 46.0 Å². The second-order valence-electron chi connectivity index (χ2n) is 7.89. The summed E-state index contributed by atoms with van der Waals surface area (Å²) < 4.78 is 7.59. The normalized spacial score (nSPS) is 15.7. The standard InChI is InChI=1S/C24H22ClN7O2/c1-14-20(22(33)26-11-15-12-32(2)13-27-15)21(16-7-3-4-8-17(16)25)30-23(28-14)31-24-29-18-9-5-6-10-19(18)34-24/h3-10,12-13,21H,11H2,1-2H3,(H,26,33)(H2,28,29,30,31)/t21-/m0/s1. The molecular weight excluding hydrogens is 454 g/mol. The molecular formula is C24H22ClN7O2. The van der Waals surface area contributed by atoms with Crippen molar-refractivity contribution in [1.82, 2.24) is 25.2 Å². The Morgan fingerprint density at radius 3 is 2.76 bits per heavy atom. The van der Waals surface area contributed by atoms with Crippen LogP contribution in [0.1, 0.15) is 24.2 Å². The number of amides is 1. The van der Waals surface area contributed by atoms with Crippen LogP contribution < -0.4 is 16.0 Å². The Bertz CT molecular complexity index is 1400. The molecule has 0 fully saturated rings. The number of allylic oxidation sites excluding steroid dienone is 1. The predicted octanol–water partition coefficient (Wildman–Crippen LogP) is 3.92. The van der Waals surface area contributed by atoms with Crippen LogP contribution in [0.2, 0.25) is 5.02 Å². The minimum atomic E-state index is -0.634. The van der Waals surface area contributed by atoms with Gasteiger partial charge in [-0.15, -0.1) is 0 Å². The molecule has 1 amide bonds. The van der Waals surface area contributed by atoms with Crippen molar-refractivity contribution >= 4 is 40.6 Å². The van der Waals surface area contributed by atoms with Gasteiger partial charge in [-0.05, 0) is 25.1 Å². The molecule has 0 bridgehead atoms. The number of hydrogen-bond acceptors (Lipinski definition) is 7. The second kappa shape index (κ2) is 9.03. The summed E-state index contributed by atoms with van der Waals surface area (Å²) in [6.45, 7) is 2.12. The van der Waals surface area contributed by atoms with Crippen LogP contribution in [0, 0.1) is 0 Å². The Morgan fingerprint density at radius 2 is 2.00 bits per heavy atom. The molecule has 0 spiro atoms.